The number of hydrogen-bond donors (Lipinski definition) is 3. The Morgan fingerprint density at radius 1 is 1.21 bits per heavy atom. The number of halogens is 1. The average molecular weight is 420 g/mol. The zero-order valence-electron chi connectivity index (χ0n) is 15.8. The molecule has 4 N–H and O–H groups in total. The number of carbonyl (C=O) groups is 2. The number of fused-ring (bicyclic) bond motifs is 1. The van der Waals surface area contributed by atoms with E-state index < -0.39 is 11.9 Å². The van der Waals surface area contributed by atoms with Gasteiger partial charge in [-0.3, -0.25) is 10.1 Å². The van der Waals surface area contributed by atoms with Crippen molar-refractivity contribution in [2.75, 3.05) is 30.8 Å². The third-order valence-electron chi connectivity index (χ3n) is 6.03. The molecule has 0 saturated carbocycles. The average Bonchev–Trinajstić information content (AvgIpc) is 2.98. The first-order valence-electron chi connectivity index (χ1n) is 9.48. The van der Waals surface area contributed by atoms with Crippen molar-refractivity contribution in [2.24, 2.45) is 5.73 Å². The zero-order valence-corrected chi connectivity index (χ0v) is 17.3. The van der Waals surface area contributed by atoms with E-state index in [1.54, 1.807) is 24.3 Å². The van der Waals surface area contributed by atoms with E-state index in [0.29, 0.717) is 27.3 Å². The molecular formula is C20H24ClN4O2S+. The molecule has 4 rings (SSSR count). The molecule has 1 saturated heterocycles. The van der Waals surface area contributed by atoms with Crippen molar-refractivity contribution in [1.29, 1.82) is 0 Å². The molecule has 1 atom stereocenters. The van der Waals surface area contributed by atoms with E-state index in [2.05, 4.69) is 17.7 Å². The summed E-state index contributed by atoms with van der Waals surface area (Å²) < 4.78 is 1.11. The summed E-state index contributed by atoms with van der Waals surface area (Å²) in [4.78, 5) is 25.7. The van der Waals surface area contributed by atoms with E-state index in [0.717, 1.165) is 29.3 Å². The number of primary amides is 1. The highest BCUT2D eigenvalue weighted by molar-refractivity contribution is 7.17. The Balaban J connectivity index is 1.53. The SMILES string of the molecule is C[N+]1(C2CCc3c(sc(NC(=O)Nc4ccc(Cl)cc4)c3C(N)=O)C2)CCC1. The lowest BCUT2D eigenvalue weighted by molar-refractivity contribution is -0.969. The molecule has 2 aliphatic rings. The topological polar surface area (TPSA) is 84.2 Å². The number of thiophene rings is 1. The molecule has 0 radical (unpaired) electrons. The van der Waals surface area contributed by atoms with Gasteiger partial charge in [0.2, 0.25) is 0 Å². The van der Waals surface area contributed by atoms with Crippen LogP contribution < -0.4 is 16.4 Å². The highest BCUT2D eigenvalue weighted by Gasteiger charge is 2.42. The molecule has 6 nitrogen and oxygen atoms in total. The van der Waals surface area contributed by atoms with Crippen molar-refractivity contribution in [3.63, 3.8) is 0 Å². The van der Waals surface area contributed by atoms with Crippen molar-refractivity contribution in [3.8, 4) is 0 Å². The predicted molar refractivity (Wildman–Crippen MR) is 113 cm³/mol. The van der Waals surface area contributed by atoms with E-state index in [-0.39, 0.29) is 0 Å². The summed E-state index contributed by atoms with van der Waals surface area (Å²) in [6, 6.07) is 7.03. The summed E-state index contributed by atoms with van der Waals surface area (Å²) in [6.07, 6.45) is 4.12. The lowest BCUT2D eigenvalue weighted by atomic mass is 9.87. The number of likely N-dealkylation sites (N-methyl/N-ethyl adjacent to an activating group) is 1. The van der Waals surface area contributed by atoms with Gasteiger partial charge in [-0.25, -0.2) is 4.79 Å². The van der Waals surface area contributed by atoms with Crippen LogP contribution in [0.2, 0.25) is 5.02 Å². The van der Waals surface area contributed by atoms with Crippen LogP contribution in [-0.4, -0.2) is 42.6 Å². The lowest BCUT2D eigenvalue weighted by Gasteiger charge is -2.49. The second-order valence-electron chi connectivity index (χ2n) is 7.83. The first kappa shape index (κ1) is 19.2. The molecule has 0 bridgehead atoms. The maximum atomic E-state index is 12.4. The van der Waals surface area contributed by atoms with Crippen LogP contribution in [0.1, 0.15) is 33.6 Å². The smallest absolute Gasteiger partial charge is 0.324 e. The number of nitrogens with zero attached hydrogens (tertiary/aromatic N) is 1. The summed E-state index contributed by atoms with van der Waals surface area (Å²) in [5, 5.41) is 6.72. The summed E-state index contributed by atoms with van der Waals surface area (Å²) in [6.45, 7) is 2.45. The van der Waals surface area contributed by atoms with Crippen molar-refractivity contribution in [3.05, 3.63) is 45.3 Å². The molecule has 1 aliphatic carbocycles. The molecule has 1 aromatic heterocycles. The summed E-state index contributed by atoms with van der Waals surface area (Å²) in [5.41, 5.74) is 7.77. The van der Waals surface area contributed by atoms with Gasteiger partial charge >= 0.3 is 6.03 Å². The zero-order chi connectivity index (χ0) is 19.9. The van der Waals surface area contributed by atoms with Crippen molar-refractivity contribution in [1.82, 2.24) is 0 Å². The van der Waals surface area contributed by atoms with Crippen molar-refractivity contribution in [2.45, 2.75) is 31.7 Å². The highest BCUT2D eigenvalue weighted by Crippen LogP contribution is 2.41. The van der Waals surface area contributed by atoms with Crippen molar-refractivity contribution >= 4 is 45.6 Å². The molecule has 1 fully saturated rings. The number of urea groups is 1. The minimum absolute atomic E-state index is 0.401. The highest BCUT2D eigenvalue weighted by atomic mass is 35.5. The standard InChI is InChI=1S/C20H23ClN4O2S/c1-25(9-2-10-25)14-7-8-15-16(11-14)28-19(17(15)18(22)26)24-20(27)23-13-5-3-12(21)4-6-13/h3-6,14H,2,7-11H2,1H3,(H3-,22,23,24,26,27)/p+1. The Hall–Kier alpha value is -2.09. The van der Waals surface area contributed by atoms with Gasteiger partial charge in [0.15, 0.2) is 0 Å². The number of anilines is 2. The number of benzene rings is 1. The predicted octanol–water partition coefficient (Wildman–Crippen LogP) is 3.85. The van der Waals surface area contributed by atoms with Gasteiger partial charge in [0.1, 0.15) is 5.00 Å². The van der Waals surface area contributed by atoms with Gasteiger partial charge in [-0.1, -0.05) is 11.6 Å². The normalized spacial score (nSPS) is 20.0. The van der Waals surface area contributed by atoms with Crippen LogP contribution in [-0.2, 0) is 12.8 Å². The van der Waals surface area contributed by atoms with E-state index in [1.165, 1.54) is 35.7 Å². The van der Waals surface area contributed by atoms with Crippen LogP contribution in [0.5, 0.6) is 0 Å². The molecule has 1 unspecified atom stereocenters. The van der Waals surface area contributed by atoms with Gasteiger partial charge in [-0.2, -0.15) is 0 Å². The number of quaternary nitrogens is 1. The van der Waals surface area contributed by atoms with Gasteiger partial charge in [0, 0.05) is 34.8 Å². The molecule has 1 aliphatic heterocycles. The summed E-state index contributed by atoms with van der Waals surface area (Å²) in [7, 11) is 2.32. The van der Waals surface area contributed by atoms with Gasteiger partial charge in [0.05, 0.1) is 31.7 Å². The van der Waals surface area contributed by atoms with Crippen LogP contribution in [0.15, 0.2) is 24.3 Å². The van der Waals surface area contributed by atoms with Gasteiger partial charge < -0.3 is 15.5 Å². The lowest BCUT2D eigenvalue weighted by Crippen LogP contribution is -2.62. The van der Waals surface area contributed by atoms with Gasteiger partial charge in [0.25, 0.3) is 5.91 Å². The molecule has 1 aromatic carbocycles. The number of carbonyl (C=O) groups excluding carboxylic acids is 2. The molecule has 148 valence electrons. The maximum absolute atomic E-state index is 12.4. The molecule has 2 aromatic rings. The fourth-order valence-corrected chi connectivity index (χ4v) is 5.72. The molecule has 2 heterocycles. The quantitative estimate of drug-likeness (QED) is 0.657. The first-order valence-corrected chi connectivity index (χ1v) is 10.7. The van der Waals surface area contributed by atoms with Crippen LogP contribution in [0.3, 0.4) is 0 Å². The fraction of sp³-hybridized carbons (Fsp3) is 0.400. The Bertz CT molecular complexity index is 921. The fourth-order valence-electron chi connectivity index (χ4n) is 4.27. The molecule has 8 heteroatoms. The second kappa shape index (κ2) is 7.39. The summed E-state index contributed by atoms with van der Waals surface area (Å²) >= 11 is 7.35. The largest absolute Gasteiger partial charge is 0.365 e. The van der Waals surface area contributed by atoms with E-state index >= 15 is 0 Å². The summed E-state index contributed by atoms with van der Waals surface area (Å²) in [5.74, 6) is -0.484. The number of hydrogen-bond acceptors (Lipinski definition) is 3. The minimum atomic E-state index is -0.484. The number of nitrogens with two attached hydrogens (primary N) is 1. The van der Waals surface area contributed by atoms with E-state index in [9.17, 15) is 9.59 Å². The number of amides is 3. The Morgan fingerprint density at radius 2 is 1.93 bits per heavy atom. The van der Waals surface area contributed by atoms with Crippen LogP contribution >= 0.6 is 22.9 Å². The van der Waals surface area contributed by atoms with Crippen LogP contribution in [0.4, 0.5) is 15.5 Å². The molecule has 0 spiro atoms. The minimum Gasteiger partial charge on any atom is -0.365 e. The third kappa shape index (κ3) is 3.62. The van der Waals surface area contributed by atoms with Gasteiger partial charge in [-0.15, -0.1) is 11.3 Å². The van der Waals surface area contributed by atoms with Crippen LogP contribution in [0, 0.1) is 0 Å². The molecule has 28 heavy (non-hydrogen) atoms. The molecular weight excluding hydrogens is 396 g/mol. The third-order valence-corrected chi connectivity index (χ3v) is 7.46. The van der Waals surface area contributed by atoms with Crippen LogP contribution in [0.25, 0.3) is 0 Å². The van der Waals surface area contributed by atoms with Gasteiger partial charge in [-0.05, 0) is 36.2 Å². The van der Waals surface area contributed by atoms with E-state index in [4.69, 9.17) is 17.3 Å². The number of nitrogens with one attached hydrogen (secondary N) is 2. The maximum Gasteiger partial charge on any atom is 0.324 e. The number of likely N-dealkylation sites (tertiary alicyclic amines) is 1. The second-order valence-corrected chi connectivity index (χ2v) is 9.38. The molecule has 3 amide bonds. The Kier molecular flexibility index (Phi) is 5.07. The Morgan fingerprint density at radius 3 is 2.54 bits per heavy atom. The Labute approximate surface area is 173 Å². The first-order chi connectivity index (χ1) is 13.4. The number of rotatable bonds is 4. The van der Waals surface area contributed by atoms with E-state index in [1.807, 2.05) is 0 Å². The van der Waals surface area contributed by atoms with Crippen molar-refractivity contribution < 1.29 is 14.1 Å². The monoisotopic (exact) mass is 419 g/mol.